The second kappa shape index (κ2) is 5.61. The van der Waals surface area contributed by atoms with Crippen LogP contribution in [0.5, 0.6) is 5.75 Å². The lowest BCUT2D eigenvalue weighted by molar-refractivity contribution is -0.0507. The molecule has 0 atom stereocenters. The number of ether oxygens (including phenoxy) is 1. The van der Waals surface area contributed by atoms with Gasteiger partial charge in [-0.15, -0.1) is 0 Å². The van der Waals surface area contributed by atoms with Crippen LogP contribution in [0, 0.1) is 13.8 Å². The Morgan fingerprint density at radius 3 is 2.31 bits per heavy atom. The minimum Gasteiger partial charge on any atom is -0.434 e. The highest BCUT2D eigenvalue weighted by atomic mass is 19.3. The van der Waals surface area contributed by atoms with Gasteiger partial charge in [0.1, 0.15) is 5.75 Å². The van der Waals surface area contributed by atoms with Gasteiger partial charge in [-0.3, -0.25) is 0 Å². The van der Waals surface area contributed by atoms with E-state index in [4.69, 9.17) is 5.73 Å². The standard InChI is InChI=1S/C12H15F2NO/c1-8-6-10(4-3-5-15)7-9(2)11(8)16-12(13)14/h3-4,6-7,12H,5,15H2,1-2H3. The average molecular weight is 227 g/mol. The summed E-state index contributed by atoms with van der Waals surface area (Å²) in [4.78, 5) is 0. The lowest BCUT2D eigenvalue weighted by atomic mass is 10.1. The number of benzene rings is 1. The van der Waals surface area contributed by atoms with Crippen LogP contribution >= 0.6 is 0 Å². The van der Waals surface area contributed by atoms with Gasteiger partial charge in [0.2, 0.25) is 0 Å². The molecule has 2 N–H and O–H groups in total. The number of halogens is 2. The zero-order valence-corrected chi connectivity index (χ0v) is 9.34. The molecule has 0 amide bonds. The summed E-state index contributed by atoms with van der Waals surface area (Å²) in [5.74, 6) is 0.250. The van der Waals surface area contributed by atoms with E-state index in [9.17, 15) is 8.78 Å². The summed E-state index contributed by atoms with van der Waals surface area (Å²) < 4.78 is 28.7. The second-order valence-corrected chi connectivity index (χ2v) is 3.50. The largest absolute Gasteiger partial charge is 0.434 e. The predicted octanol–water partition coefficient (Wildman–Crippen LogP) is 2.88. The van der Waals surface area contributed by atoms with Gasteiger partial charge in [0.15, 0.2) is 0 Å². The maximum atomic E-state index is 12.1. The van der Waals surface area contributed by atoms with Crippen molar-refractivity contribution >= 4 is 6.08 Å². The summed E-state index contributed by atoms with van der Waals surface area (Å²) >= 11 is 0. The third kappa shape index (κ3) is 3.31. The summed E-state index contributed by atoms with van der Waals surface area (Å²) in [6.45, 7) is 1.14. The van der Waals surface area contributed by atoms with Crippen molar-refractivity contribution in [2.24, 2.45) is 5.73 Å². The van der Waals surface area contributed by atoms with Crippen LogP contribution in [0.4, 0.5) is 8.78 Å². The maximum absolute atomic E-state index is 12.1. The first-order valence-electron chi connectivity index (χ1n) is 4.97. The normalized spacial score (nSPS) is 11.4. The molecule has 88 valence electrons. The Morgan fingerprint density at radius 2 is 1.88 bits per heavy atom. The number of alkyl halides is 2. The van der Waals surface area contributed by atoms with Crippen molar-refractivity contribution < 1.29 is 13.5 Å². The van der Waals surface area contributed by atoms with Crippen LogP contribution in [0.1, 0.15) is 16.7 Å². The van der Waals surface area contributed by atoms with Gasteiger partial charge in [-0.05, 0) is 42.7 Å². The Morgan fingerprint density at radius 1 is 1.31 bits per heavy atom. The van der Waals surface area contributed by atoms with Crippen LogP contribution < -0.4 is 10.5 Å². The Balaban J connectivity index is 3.02. The summed E-state index contributed by atoms with van der Waals surface area (Å²) in [7, 11) is 0. The third-order valence-electron chi connectivity index (χ3n) is 2.14. The molecular weight excluding hydrogens is 212 g/mol. The van der Waals surface area contributed by atoms with Gasteiger partial charge in [0.05, 0.1) is 0 Å². The van der Waals surface area contributed by atoms with E-state index >= 15 is 0 Å². The molecule has 0 aliphatic heterocycles. The smallest absolute Gasteiger partial charge is 0.387 e. The van der Waals surface area contributed by atoms with E-state index in [-0.39, 0.29) is 5.75 Å². The average Bonchev–Trinajstić information content (AvgIpc) is 2.20. The molecule has 1 rings (SSSR count). The number of hydrogen-bond donors (Lipinski definition) is 1. The molecule has 0 saturated heterocycles. The van der Waals surface area contributed by atoms with E-state index < -0.39 is 6.61 Å². The van der Waals surface area contributed by atoms with Crippen LogP contribution in [0.3, 0.4) is 0 Å². The van der Waals surface area contributed by atoms with Gasteiger partial charge in [0, 0.05) is 6.54 Å². The Labute approximate surface area is 93.7 Å². The molecule has 0 fully saturated rings. The molecule has 0 aliphatic carbocycles. The first kappa shape index (κ1) is 12.6. The van der Waals surface area contributed by atoms with E-state index in [2.05, 4.69) is 4.74 Å². The molecular formula is C12H15F2NO. The lowest BCUT2D eigenvalue weighted by Gasteiger charge is -2.12. The minimum atomic E-state index is -2.79. The number of aryl methyl sites for hydroxylation is 2. The van der Waals surface area contributed by atoms with Crippen molar-refractivity contribution in [1.82, 2.24) is 0 Å². The molecule has 0 saturated carbocycles. The number of rotatable bonds is 4. The fourth-order valence-electron chi connectivity index (χ4n) is 1.56. The molecule has 0 heterocycles. The molecule has 0 spiro atoms. The van der Waals surface area contributed by atoms with Crippen LogP contribution in [-0.2, 0) is 0 Å². The van der Waals surface area contributed by atoms with E-state index in [1.54, 1.807) is 26.0 Å². The fraction of sp³-hybridized carbons (Fsp3) is 0.333. The zero-order chi connectivity index (χ0) is 12.1. The highest BCUT2D eigenvalue weighted by Crippen LogP contribution is 2.26. The van der Waals surface area contributed by atoms with Crippen molar-refractivity contribution in [2.75, 3.05) is 6.54 Å². The molecule has 4 heteroatoms. The predicted molar refractivity (Wildman–Crippen MR) is 60.6 cm³/mol. The second-order valence-electron chi connectivity index (χ2n) is 3.50. The van der Waals surface area contributed by atoms with Crippen molar-refractivity contribution in [3.8, 4) is 5.75 Å². The molecule has 0 aliphatic rings. The molecule has 0 unspecified atom stereocenters. The van der Waals surface area contributed by atoms with Crippen LogP contribution in [-0.4, -0.2) is 13.2 Å². The molecule has 1 aromatic rings. The van der Waals surface area contributed by atoms with Crippen LogP contribution in [0.25, 0.3) is 6.08 Å². The van der Waals surface area contributed by atoms with Crippen molar-refractivity contribution in [2.45, 2.75) is 20.5 Å². The van der Waals surface area contributed by atoms with E-state index in [1.165, 1.54) is 0 Å². The van der Waals surface area contributed by atoms with Gasteiger partial charge in [0.25, 0.3) is 0 Å². The molecule has 0 radical (unpaired) electrons. The van der Waals surface area contributed by atoms with E-state index in [1.807, 2.05) is 12.2 Å². The minimum absolute atomic E-state index is 0.250. The SMILES string of the molecule is Cc1cc(C=CCN)cc(C)c1OC(F)F. The highest BCUT2D eigenvalue weighted by molar-refractivity contribution is 5.56. The highest BCUT2D eigenvalue weighted by Gasteiger charge is 2.10. The van der Waals surface area contributed by atoms with Crippen molar-refractivity contribution in [1.29, 1.82) is 0 Å². The first-order chi connectivity index (χ1) is 7.54. The lowest BCUT2D eigenvalue weighted by Crippen LogP contribution is -2.05. The Kier molecular flexibility index (Phi) is 4.43. The van der Waals surface area contributed by atoms with Crippen molar-refractivity contribution in [3.63, 3.8) is 0 Å². The van der Waals surface area contributed by atoms with Gasteiger partial charge in [-0.25, -0.2) is 0 Å². The Bertz CT molecular complexity index is 366. The van der Waals surface area contributed by atoms with E-state index in [0.29, 0.717) is 17.7 Å². The number of hydrogen-bond acceptors (Lipinski definition) is 2. The van der Waals surface area contributed by atoms with E-state index in [0.717, 1.165) is 5.56 Å². The van der Waals surface area contributed by atoms with Gasteiger partial charge < -0.3 is 10.5 Å². The summed E-state index contributed by atoms with van der Waals surface area (Å²) in [5, 5.41) is 0. The van der Waals surface area contributed by atoms with Gasteiger partial charge in [-0.1, -0.05) is 12.2 Å². The molecule has 0 aromatic heterocycles. The quantitative estimate of drug-likeness (QED) is 0.858. The Hall–Kier alpha value is -1.42. The topological polar surface area (TPSA) is 35.2 Å². The first-order valence-corrected chi connectivity index (χ1v) is 4.97. The van der Waals surface area contributed by atoms with Gasteiger partial charge in [-0.2, -0.15) is 8.78 Å². The summed E-state index contributed by atoms with van der Waals surface area (Å²) in [6.07, 6.45) is 3.66. The maximum Gasteiger partial charge on any atom is 0.387 e. The monoisotopic (exact) mass is 227 g/mol. The van der Waals surface area contributed by atoms with Crippen LogP contribution in [0.15, 0.2) is 18.2 Å². The van der Waals surface area contributed by atoms with Gasteiger partial charge >= 0.3 is 6.61 Å². The zero-order valence-electron chi connectivity index (χ0n) is 9.34. The van der Waals surface area contributed by atoms with Crippen LogP contribution in [0.2, 0.25) is 0 Å². The fourth-order valence-corrected chi connectivity index (χ4v) is 1.56. The number of nitrogens with two attached hydrogens (primary N) is 1. The third-order valence-corrected chi connectivity index (χ3v) is 2.14. The molecule has 2 nitrogen and oxygen atoms in total. The van der Waals surface area contributed by atoms with Crippen molar-refractivity contribution in [3.05, 3.63) is 34.9 Å². The molecule has 0 bridgehead atoms. The molecule has 1 aromatic carbocycles. The summed E-state index contributed by atoms with van der Waals surface area (Å²) in [6, 6.07) is 3.58. The molecule has 16 heavy (non-hydrogen) atoms. The summed E-state index contributed by atoms with van der Waals surface area (Å²) in [5.41, 5.74) is 7.65.